The summed E-state index contributed by atoms with van der Waals surface area (Å²) in [6, 6.07) is 12.5. The van der Waals surface area contributed by atoms with E-state index in [0.717, 1.165) is 0 Å². The molecule has 0 aliphatic rings. The van der Waals surface area contributed by atoms with Crippen LogP contribution in [-0.4, -0.2) is 16.1 Å². The molecule has 3 aromatic rings. The van der Waals surface area contributed by atoms with Crippen LogP contribution in [0.25, 0.3) is 22.6 Å². The Kier molecular flexibility index (Phi) is 3.39. The van der Waals surface area contributed by atoms with Crippen molar-refractivity contribution in [3.8, 4) is 11.5 Å². The maximum atomic E-state index is 11.0. The lowest BCUT2D eigenvalue weighted by Crippen LogP contribution is -2.06. The average molecular weight is 302 g/mol. The van der Waals surface area contributed by atoms with E-state index in [0.29, 0.717) is 33.1 Å². The third-order valence-corrected chi connectivity index (χ3v) is 3.72. The molecule has 2 aromatic carbocycles. The molecule has 0 radical (unpaired) electrons. The fourth-order valence-corrected chi connectivity index (χ4v) is 2.32. The summed E-state index contributed by atoms with van der Waals surface area (Å²) >= 11 is 6.13. The number of carbonyl (C=O) groups is 1. The summed E-state index contributed by atoms with van der Waals surface area (Å²) in [6.45, 7) is 1.63. The van der Waals surface area contributed by atoms with Gasteiger partial charge in [0.25, 0.3) is 0 Å². The van der Waals surface area contributed by atoms with E-state index in [-0.39, 0.29) is 0 Å². The quantitative estimate of drug-likeness (QED) is 0.781. The van der Waals surface area contributed by atoms with Gasteiger partial charge in [-0.15, -0.1) is 0 Å². The van der Waals surface area contributed by atoms with Crippen LogP contribution in [0.1, 0.15) is 18.4 Å². The van der Waals surface area contributed by atoms with Crippen molar-refractivity contribution in [1.29, 1.82) is 0 Å². The number of rotatable bonds is 3. The number of aliphatic carboxylic acids is 1. The van der Waals surface area contributed by atoms with Crippen molar-refractivity contribution in [2.75, 3.05) is 0 Å². The minimum atomic E-state index is -0.875. The van der Waals surface area contributed by atoms with Gasteiger partial charge in [0, 0.05) is 0 Å². The lowest BCUT2D eigenvalue weighted by Gasteiger charge is -2.04. The van der Waals surface area contributed by atoms with Gasteiger partial charge in [-0.05, 0) is 36.8 Å². The highest BCUT2D eigenvalue weighted by molar-refractivity contribution is 6.33. The lowest BCUT2D eigenvalue weighted by molar-refractivity contribution is -0.138. The summed E-state index contributed by atoms with van der Waals surface area (Å²) < 4.78 is 5.72. The molecule has 106 valence electrons. The maximum absolute atomic E-state index is 11.0. The van der Waals surface area contributed by atoms with Gasteiger partial charge in [0.1, 0.15) is 5.52 Å². The first-order valence-electron chi connectivity index (χ1n) is 6.44. The predicted molar refractivity (Wildman–Crippen MR) is 80.5 cm³/mol. The molecule has 0 amide bonds. The highest BCUT2D eigenvalue weighted by atomic mass is 35.5. The summed E-state index contributed by atoms with van der Waals surface area (Å²) in [5.74, 6) is -1.04. The van der Waals surface area contributed by atoms with Gasteiger partial charge in [-0.3, -0.25) is 4.79 Å². The molecular weight excluding hydrogens is 290 g/mol. The number of halogens is 1. The Morgan fingerprint density at radius 2 is 2.05 bits per heavy atom. The van der Waals surface area contributed by atoms with Gasteiger partial charge in [0.2, 0.25) is 5.89 Å². The Morgan fingerprint density at radius 3 is 2.76 bits per heavy atom. The third-order valence-electron chi connectivity index (χ3n) is 3.39. The molecule has 0 aliphatic carbocycles. The minimum Gasteiger partial charge on any atom is -0.481 e. The number of carboxylic acids is 1. The summed E-state index contributed by atoms with van der Waals surface area (Å²) in [5, 5.41) is 9.62. The number of benzene rings is 2. The van der Waals surface area contributed by atoms with Gasteiger partial charge in [-0.1, -0.05) is 29.8 Å². The second kappa shape index (κ2) is 5.22. The van der Waals surface area contributed by atoms with Crippen LogP contribution in [0.15, 0.2) is 46.9 Å². The molecule has 0 saturated heterocycles. The summed E-state index contributed by atoms with van der Waals surface area (Å²) in [7, 11) is 0. The second-order valence-corrected chi connectivity index (χ2v) is 5.19. The van der Waals surface area contributed by atoms with Crippen molar-refractivity contribution in [1.82, 2.24) is 4.98 Å². The number of oxazole rings is 1. The molecular formula is C16H12ClNO3. The Bertz CT molecular complexity index is 825. The molecule has 0 spiro atoms. The topological polar surface area (TPSA) is 63.3 Å². The molecule has 0 aliphatic heterocycles. The van der Waals surface area contributed by atoms with E-state index < -0.39 is 11.9 Å². The van der Waals surface area contributed by atoms with Crippen molar-refractivity contribution in [3.05, 3.63) is 53.1 Å². The van der Waals surface area contributed by atoms with Gasteiger partial charge in [0.15, 0.2) is 5.58 Å². The molecule has 0 saturated carbocycles. The largest absolute Gasteiger partial charge is 0.481 e. The van der Waals surface area contributed by atoms with Gasteiger partial charge in [-0.25, -0.2) is 4.98 Å². The first kappa shape index (κ1) is 13.6. The van der Waals surface area contributed by atoms with Gasteiger partial charge < -0.3 is 9.52 Å². The zero-order valence-corrected chi connectivity index (χ0v) is 12.0. The number of fused-ring (bicyclic) bond motifs is 1. The van der Waals surface area contributed by atoms with Crippen LogP contribution in [0.5, 0.6) is 0 Å². The molecule has 1 N–H and O–H groups in total. The zero-order chi connectivity index (χ0) is 15.0. The predicted octanol–water partition coefficient (Wildman–Crippen LogP) is 4.34. The normalized spacial score (nSPS) is 12.5. The fourth-order valence-electron chi connectivity index (χ4n) is 2.10. The molecule has 1 atom stereocenters. The summed E-state index contributed by atoms with van der Waals surface area (Å²) in [5.41, 5.74) is 2.61. The highest BCUT2D eigenvalue weighted by Crippen LogP contribution is 2.31. The van der Waals surface area contributed by atoms with Crippen LogP contribution in [0.3, 0.4) is 0 Å². The van der Waals surface area contributed by atoms with Crippen molar-refractivity contribution in [2.45, 2.75) is 12.8 Å². The van der Waals surface area contributed by atoms with Gasteiger partial charge in [-0.2, -0.15) is 0 Å². The number of nitrogens with zero attached hydrogens (tertiary/aromatic N) is 1. The molecule has 0 fully saturated rings. The highest BCUT2D eigenvalue weighted by Gasteiger charge is 2.16. The fraction of sp³-hybridized carbons (Fsp3) is 0.125. The van der Waals surface area contributed by atoms with Gasteiger partial charge >= 0.3 is 5.97 Å². The Morgan fingerprint density at radius 1 is 1.29 bits per heavy atom. The second-order valence-electron chi connectivity index (χ2n) is 4.79. The van der Waals surface area contributed by atoms with Crippen LogP contribution in [0.4, 0.5) is 0 Å². The number of hydrogen-bond donors (Lipinski definition) is 1. The van der Waals surface area contributed by atoms with E-state index in [1.807, 2.05) is 18.2 Å². The Labute approximate surface area is 126 Å². The third kappa shape index (κ3) is 2.50. The molecule has 21 heavy (non-hydrogen) atoms. The number of carboxylic acid groups (broad SMARTS) is 1. The first-order valence-corrected chi connectivity index (χ1v) is 6.82. The van der Waals surface area contributed by atoms with E-state index in [1.54, 1.807) is 31.2 Å². The van der Waals surface area contributed by atoms with E-state index in [1.165, 1.54) is 0 Å². The molecule has 0 bridgehead atoms. The van der Waals surface area contributed by atoms with Crippen molar-refractivity contribution in [2.24, 2.45) is 0 Å². The zero-order valence-electron chi connectivity index (χ0n) is 11.2. The van der Waals surface area contributed by atoms with E-state index in [9.17, 15) is 4.79 Å². The standard InChI is InChI=1S/C16H12ClNO3/c1-9(16(19)20)10-6-7-13-14(8-10)21-15(18-13)11-4-2-3-5-12(11)17/h2-9H,1H3,(H,19,20)/t9-/m1/s1. The first-order chi connectivity index (χ1) is 10.1. The van der Waals surface area contributed by atoms with E-state index >= 15 is 0 Å². The number of aromatic nitrogens is 1. The minimum absolute atomic E-state index is 0.427. The molecule has 4 nitrogen and oxygen atoms in total. The number of hydrogen-bond acceptors (Lipinski definition) is 3. The van der Waals surface area contributed by atoms with E-state index in [2.05, 4.69) is 4.98 Å². The van der Waals surface area contributed by atoms with Crippen molar-refractivity contribution < 1.29 is 14.3 Å². The Hall–Kier alpha value is -2.33. The average Bonchev–Trinajstić information content (AvgIpc) is 2.89. The summed E-state index contributed by atoms with van der Waals surface area (Å²) in [4.78, 5) is 15.4. The lowest BCUT2D eigenvalue weighted by atomic mass is 10.0. The van der Waals surface area contributed by atoms with E-state index in [4.69, 9.17) is 21.1 Å². The van der Waals surface area contributed by atoms with Crippen molar-refractivity contribution in [3.63, 3.8) is 0 Å². The SMILES string of the molecule is C[C@@H](C(=O)O)c1ccc2nc(-c3ccccc3Cl)oc2c1. The Balaban J connectivity index is 2.09. The van der Waals surface area contributed by atoms with Crippen LogP contribution in [0.2, 0.25) is 5.02 Å². The molecule has 1 aromatic heterocycles. The maximum Gasteiger partial charge on any atom is 0.310 e. The monoisotopic (exact) mass is 301 g/mol. The summed E-state index contributed by atoms with van der Waals surface area (Å²) in [6.07, 6.45) is 0. The smallest absolute Gasteiger partial charge is 0.310 e. The van der Waals surface area contributed by atoms with Crippen molar-refractivity contribution >= 4 is 28.7 Å². The molecule has 1 heterocycles. The van der Waals surface area contributed by atoms with Gasteiger partial charge in [0.05, 0.1) is 16.5 Å². The molecule has 5 heteroatoms. The van der Waals surface area contributed by atoms with Crippen LogP contribution >= 0.6 is 11.6 Å². The van der Waals surface area contributed by atoms with Crippen LogP contribution in [0, 0.1) is 0 Å². The van der Waals surface area contributed by atoms with Crippen LogP contribution < -0.4 is 0 Å². The molecule has 0 unspecified atom stereocenters. The molecule has 3 rings (SSSR count). The van der Waals surface area contributed by atoms with Crippen LogP contribution in [-0.2, 0) is 4.79 Å².